The Morgan fingerprint density at radius 1 is 1.13 bits per heavy atom. The van der Waals surface area contributed by atoms with Gasteiger partial charge in [-0.2, -0.15) is 0 Å². The van der Waals surface area contributed by atoms with Crippen molar-refractivity contribution in [1.29, 1.82) is 0 Å². The maximum absolute atomic E-state index is 10.8. The monoisotopic (exact) mass is 210 g/mol. The van der Waals surface area contributed by atoms with E-state index in [4.69, 9.17) is 14.2 Å². The number of hydrogen-bond acceptors (Lipinski definition) is 4. The summed E-state index contributed by atoms with van der Waals surface area (Å²) in [6.07, 6.45) is 0.734. The Labute approximate surface area is 88.8 Å². The minimum absolute atomic E-state index is 0.415. The lowest BCUT2D eigenvalue weighted by Gasteiger charge is -2.13. The van der Waals surface area contributed by atoms with Gasteiger partial charge < -0.3 is 14.2 Å². The second-order valence-electron chi connectivity index (χ2n) is 2.93. The van der Waals surface area contributed by atoms with Crippen LogP contribution >= 0.6 is 0 Å². The van der Waals surface area contributed by atoms with Crippen molar-refractivity contribution in [3.8, 4) is 11.5 Å². The fourth-order valence-electron chi connectivity index (χ4n) is 1.41. The minimum atomic E-state index is 0.415. The first-order valence-electron chi connectivity index (χ1n) is 4.46. The molecule has 0 fully saturated rings. The van der Waals surface area contributed by atoms with Crippen molar-refractivity contribution in [3.63, 3.8) is 0 Å². The Kier molecular flexibility index (Phi) is 4.12. The van der Waals surface area contributed by atoms with Crippen LogP contribution in [0.3, 0.4) is 0 Å². The highest BCUT2D eigenvalue weighted by molar-refractivity contribution is 5.81. The average molecular weight is 210 g/mol. The van der Waals surface area contributed by atoms with Crippen LogP contribution in [0.5, 0.6) is 11.5 Å². The van der Waals surface area contributed by atoms with E-state index >= 15 is 0 Å². The molecule has 0 unspecified atom stereocenters. The molecule has 0 amide bonds. The zero-order valence-electron chi connectivity index (χ0n) is 9.07. The van der Waals surface area contributed by atoms with Crippen molar-refractivity contribution >= 4 is 6.29 Å². The lowest BCUT2D eigenvalue weighted by atomic mass is 10.1. The number of carbonyl (C=O) groups is 1. The lowest BCUT2D eigenvalue weighted by Crippen LogP contribution is -2.00. The smallest absolute Gasteiger partial charge is 0.171 e. The molecule has 0 saturated heterocycles. The van der Waals surface area contributed by atoms with Crippen molar-refractivity contribution in [3.05, 3.63) is 23.3 Å². The third-order valence-electron chi connectivity index (χ3n) is 2.06. The molecule has 4 heteroatoms. The van der Waals surface area contributed by atoms with E-state index in [0.29, 0.717) is 23.7 Å². The van der Waals surface area contributed by atoms with Crippen molar-refractivity contribution in [2.24, 2.45) is 0 Å². The number of methoxy groups -OCH3 is 3. The molecule has 0 aliphatic heterocycles. The van der Waals surface area contributed by atoms with Gasteiger partial charge in [-0.3, -0.25) is 4.79 Å². The van der Waals surface area contributed by atoms with Crippen molar-refractivity contribution in [1.82, 2.24) is 0 Å². The predicted molar refractivity (Wildman–Crippen MR) is 55.6 cm³/mol. The summed E-state index contributed by atoms with van der Waals surface area (Å²) in [7, 11) is 4.63. The molecule has 0 bridgehead atoms. The van der Waals surface area contributed by atoms with Crippen LogP contribution in [0.25, 0.3) is 0 Å². The van der Waals surface area contributed by atoms with Gasteiger partial charge >= 0.3 is 0 Å². The molecule has 0 atom stereocenters. The largest absolute Gasteiger partial charge is 0.492 e. The quantitative estimate of drug-likeness (QED) is 0.693. The van der Waals surface area contributed by atoms with E-state index in [0.717, 1.165) is 11.8 Å². The number of carbonyl (C=O) groups excluding carboxylic acids is 1. The van der Waals surface area contributed by atoms with E-state index in [2.05, 4.69) is 0 Å². The molecule has 0 N–H and O–H groups in total. The van der Waals surface area contributed by atoms with Gasteiger partial charge in [-0.25, -0.2) is 0 Å². The Hall–Kier alpha value is -1.55. The number of ether oxygens (including phenoxy) is 3. The predicted octanol–water partition coefficient (Wildman–Crippen LogP) is 1.66. The molecule has 1 rings (SSSR count). The molecule has 1 aromatic rings. The highest BCUT2D eigenvalue weighted by Gasteiger charge is 2.14. The highest BCUT2D eigenvalue weighted by atomic mass is 16.5. The van der Waals surface area contributed by atoms with Gasteiger partial charge in [0.25, 0.3) is 0 Å². The summed E-state index contributed by atoms with van der Waals surface area (Å²) in [4.78, 5) is 10.8. The Balaban J connectivity index is 3.27. The van der Waals surface area contributed by atoms with Crippen LogP contribution in [0.2, 0.25) is 0 Å². The zero-order chi connectivity index (χ0) is 11.3. The average Bonchev–Trinajstić information content (AvgIpc) is 2.28. The molecule has 0 spiro atoms. The molecule has 0 saturated carbocycles. The van der Waals surface area contributed by atoms with E-state index in [9.17, 15) is 4.79 Å². The van der Waals surface area contributed by atoms with Crippen LogP contribution in [-0.4, -0.2) is 27.6 Å². The zero-order valence-corrected chi connectivity index (χ0v) is 9.07. The lowest BCUT2D eigenvalue weighted by molar-refractivity contribution is 0.111. The second kappa shape index (κ2) is 5.36. The molecule has 0 aromatic heterocycles. The topological polar surface area (TPSA) is 44.8 Å². The van der Waals surface area contributed by atoms with Gasteiger partial charge in [-0.15, -0.1) is 0 Å². The maximum atomic E-state index is 10.8. The normalized spacial score (nSPS) is 9.80. The van der Waals surface area contributed by atoms with Gasteiger partial charge in [0.15, 0.2) is 17.8 Å². The summed E-state index contributed by atoms with van der Waals surface area (Å²) < 4.78 is 15.4. The van der Waals surface area contributed by atoms with Gasteiger partial charge in [0.05, 0.1) is 26.4 Å². The number of benzene rings is 1. The number of aldehydes is 1. The molecule has 82 valence electrons. The number of rotatable bonds is 5. The molecule has 0 radical (unpaired) electrons. The van der Waals surface area contributed by atoms with Crippen molar-refractivity contribution in [2.45, 2.75) is 6.61 Å². The maximum Gasteiger partial charge on any atom is 0.171 e. The molecule has 0 aliphatic carbocycles. The van der Waals surface area contributed by atoms with Crippen molar-refractivity contribution in [2.75, 3.05) is 21.3 Å². The van der Waals surface area contributed by atoms with Crippen LogP contribution < -0.4 is 9.47 Å². The summed E-state index contributed by atoms with van der Waals surface area (Å²) >= 11 is 0. The van der Waals surface area contributed by atoms with Gasteiger partial charge in [0.2, 0.25) is 0 Å². The Morgan fingerprint density at radius 3 is 2.27 bits per heavy atom. The van der Waals surface area contributed by atoms with E-state index < -0.39 is 0 Å². The third-order valence-corrected chi connectivity index (χ3v) is 2.06. The van der Waals surface area contributed by atoms with Gasteiger partial charge in [0.1, 0.15) is 0 Å². The van der Waals surface area contributed by atoms with Gasteiger partial charge in [-0.1, -0.05) is 6.07 Å². The highest BCUT2D eigenvalue weighted by Crippen LogP contribution is 2.34. The third kappa shape index (κ3) is 2.27. The number of hydrogen-bond donors (Lipinski definition) is 0. The fourth-order valence-corrected chi connectivity index (χ4v) is 1.41. The minimum Gasteiger partial charge on any atom is -0.492 e. The van der Waals surface area contributed by atoms with Crippen LogP contribution in [0.4, 0.5) is 0 Å². The molecular formula is C11H14O4. The molecule has 0 heterocycles. The summed E-state index contributed by atoms with van der Waals surface area (Å²) in [5, 5.41) is 0. The van der Waals surface area contributed by atoms with Crippen LogP contribution in [-0.2, 0) is 11.3 Å². The molecule has 1 aromatic carbocycles. The first-order chi connectivity index (χ1) is 7.28. The fraction of sp³-hybridized carbons (Fsp3) is 0.364. The van der Waals surface area contributed by atoms with E-state index in [1.807, 2.05) is 0 Å². The molecule has 0 aliphatic rings. The summed E-state index contributed by atoms with van der Waals surface area (Å²) in [5.74, 6) is 0.992. The van der Waals surface area contributed by atoms with Crippen LogP contribution in [0, 0.1) is 0 Å². The summed E-state index contributed by atoms with van der Waals surface area (Å²) in [5.41, 5.74) is 1.32. The molecular weight excluding hydrogens is 196 g/mol. The van der Waals surface area contributed by atoms with E-state index in [1.54, 1.807) is 19.2 Å². The first kappa shape index (κ1) is 11.5. The first-order valence-corrected chi connectivity index (χ1v) is 4.46. The van der Waals surface area contributed by atoms with E-state index in [-0.39, 0.29) is 0 Å². The van der Waals surface area contributed by atoms with Crippen molar-refractivity contribution < 1.29 is 19.0 Å². The van der Waals surface area contributed by atoms with E-state index in [1.165, 1.54) is 14.2 Å². The van der Waals surface area contributed by atoms with Crippen LogP contribution in [0.15, 0.2) is 12.1 Å². The second-order valence-corrected chi connectivity index (χ2v) is 2.93. The van der Waals surface area contributed by atoms with Crippen LogP contribution in [0.1, 0.15) is 15.9 Å². The Bertz CT molecular complexity index is 347. The summed E-state index contributed by atoms with van der Waals surface area (Å²) in [6.45, 7) is 0.415. The summed E-state index contributed by atoms with van der Waals surface area (Å²) in [6, 6.07) is 3.47. The van der Waals surface area contributed by atoms with Gasteiger partial charge in [-0.05, 0) is 6.07 Å². The molecule has 4 nitrogen and oxygen atoms in total. The molecule has 15 heavy (non-hydrogen) atoms. The standard InChI is InChI=1S/C11H14O4/c1-13-7-9-5-4-8(6-12)10(14-2)11(9)15-3/h4-6H,7H2,1-3H3. The SMILES string of the molecule is COCc1ccc(C=O)c(OC)c1OC. The van der Waals surface area contributed by atoms with Gasteiger partial charge in [0, 0.05) is 12.7 Å². The Morgan fingerprint density at radius 2 is 1.80 bits per heavy atom.